The van der Waals surface area contributed by atoms with Gasteiger partial charge in [-0.25, -0.2) is 4.68 Å². The molecule has 5 rings (SSSR count). The van der Waals surface area contributed by atoms with E-state index < -0.39 is 23.9 Å². The molecule has 2 unspecified atom stereocenters. The average Bonchev–Trinajstić information content (AvgIpc) is 3.39. The fraction of sp³-hybridized carbons (Fsp3) is 0.273. The van der Waals surface area contributed by atoms with Crippen molar-refractivity contribution in [1.82, 2.24) is 20.4 Å². The van der Waals surface area contributed by atoms with Crippen molar-refractivity contribution in [2.45, 2.75) is 32.0 Å². The molecule has 236 valence electrons. The Labute approximate surface area is 272 Å². The lowest BCUT2D eigenvalue weighted by Gasteiger charge is -2.26. The molecule has 3 amide bonds. The van der Waals surface area contributed by atoms with Crippen molar-refractivity contribution in [2.24, 2.45) is 0 Å². The molecule has 2 atom stereocenters. The Morgan fingerprint density at radius 2 is 1.78 bits per heavy atom. The normalized spacial score (nSPS) is 14.8. The average molecular weight is 641 g/mol. The third kappa shape index (κ3) is 6.55. The van der Waals surface area contributed by atoms with Crippen LogP contribution in [0.2, 0.25) is 0 Å². The van der Waals surface area contributed by atoms with Crippen molar-refractivity contribution in [3.8, 4) is 17.8 Å². The van der Waals surface area contributed by atoms with Crippen LogP contribution in [0, 0.1) is 22.7 Å². The van der Waals surface area contributed by atoms with Gasteiger partial charge in [0, 0.05) is 12.5 Å². The second-order valence-corrected chi connectivity index (χ2v) is 10.6. The number of amides is 3. The fourth-order valence-corrected chi connectivity index (χ4v) is 5.30. The van der Waals surface area contributed by atoms with Gasteiger partial charge < -0.3 is 25.2 Å². The molecule has 0 fully saturated rings. The van der Waals surface area contributed by atoms with Gasteiger partial charge in [-0.15, -0.1) is 12.4 Å². The van der Waals surface area contributed by atoms with Gasteiger partial charge in [-0.05, 0) is 50.4 Å². The summed E-state index contributed by atoms with van der Waals surface area (Å²) in [7, 11) is 3.13. The molecule has 46 heavy (non-hydrogen) atoms. The fourth-order valence-electron chi connectivity index (χ4n) is 5.30. The first-order chi connectivity index (χ1) is 21.8. The predicted octanol–water partition coefficient (Wildman–Crippen LogP) is 3.20. The summed E-state index contributed by atoms with van der Waals surface area (Å²) >= 11 is 0. The minimum absolute atomic E-state index is 0. The first kappa shape index (κ1) is 33.6. The van der Waals surface area contributed by atoms with E-state index >= 15 is 0 Å². The lowest BCUT2D eigenvalue weighted by Crippen LogP contribution is -2.55. The molecule has 0 spiro atoms. The molecule has 0 radical (unpaired) electrons. The predicted molar refractivity (Wildman–Crippen MR) is 175 cm³/mol. The maximum absolute atomic E-state index is 14.4. The summed E-state index contributed by atoms with van der Waals surface area (Å²) in [6, 6.07) is 22.0. The summed E-state index contributed by atoms with van der Waals surface area (Å²) in [6.07, 6.45) is 0.0296. The maximum Gasteiger partial charge on any atom is 0.251 e. The number of benzene rings is 3. The minimum Gasteiger partial charge on any atom is -0.384 e. The number of methoxy groups -OCH3 is 1. The van der Waals surface area contributed by atoms with E-state index in [-0.39, 0.29) is 44.4 Å². The van der Waals surface area contributed by atoms with Crippen LogP contribution in [0.3, 0.4) is 0 Å². The molecule has 12 nitrogen and oxygen atoms in total. The molecule has 0 saturated heterocycles. The Morgan fingerprint density at radius 1 is 1.04 bits per heavy atom. The molecular formula is C33H33ClN8O4. The topological polar surface area (TPSA) is 156 Å². The Bertz CT molecular complexity index is 1860. The number of ether oxygens (including phenoxy) is 1. The number of nitrogens with one attached hydrogen (secondary N) is 2. The molecule has 1 aromatic heterocycles. The Balaban J connectivity index is 0.00000480. The van der Waals surface area contributed by atoms with Crippen molar-refractivity contribution in [3.63, 3.8) is 0 Å². The number of hydrogen-bond donors (Lipinski definition) is 2. The van der Waals surface area contributed by atoms with E-state index in [9.17, 15) is 24.9 Å². The van der Waals surface area contributed by atoms with Crippen molar-refractivity contribution in [1.29, 1.82) is 10.5 Å². The van der Waals surface area contributed by atoms with Crippen molar-refractivity contribution in [2.75, 3.05) is 37.1 Å². The van der Waals surface area contributed by atoms with Crippen LogP contribution >= 0.6 is 12.4 Å². The number of likely N-dealkylation sites (N-methyl/N-ethyl adjacent to an activating group) is 1. The molecule has 0 saturated carbocycles. The monoisotopic (exact) mass is 640 g/mol. The lowest BCUT2D eigenvalue weighted by atomic mass is 10.1. The zero-order valence-electron chi connectivity index (χ0n) is 25.6. The van der Waals surface area contributed by atoms with Crippen LogP contribution in [0.1, 0.15) is 30.2 Å². The summed E-state index contributed by atoms with van der Waals surface area (Å²) in [5.74, 6) is -1.19. The van der Waals surface area contributed by atoms with E-state index in [2.05, 4.69) is 22.8 Å². The van der Waals surface area contributed by atoms with Gasteiger partial charge in [0.05, 0.1) is 77.6 Å². The number of para-hydroxylation sites is 2. The maximum atomic E-state index is 14.4. The van der Waals surface area contributed by atoms with Crippen molar-refractivity contribution in [3.05, 3.63) is 83.6 Å². The van der Waals surface area contributed by atoms with Gasteiger partial charge in [0.25, 0.3) is 5.91 Å². The molecule has 2 N–H and O–H groups in total. The molecule has 13 heteroatoms. The number of carbonyl (C=O) groups is 3. The SMILES string of the molecule is CNC(C)C(=O)NC1CN(C(=O)CCOC)c2cc(C#N)ccc2N(Cc2nn(-c3ccccc3C#N)c3ccccc23)C1=O.Cl. The summed E-state index contributed by atoms with van der Waals surface area (Å²) in [6.45, 7) is 1.66. The van der Waals surface area contributed by atoms with Gasteiger partial charge in [0.15, 0.2) is 0 Å². The Morgan fingerprint density at radius 3 is 2.50 bits per heavy atom. The highest BCUT2D eigenvalue weighted by atomic mass is 35.5. The molecule has 0 aliphatic carbocycles. The molecule has 0 bridgehead atoms. The Kier molecular flexibility index (Phi) is 10.7. The van der Waals surface area contributed by atoms with Gasteiger partial charge in [0.2, 0.25) is 11.8 Å². The number of nitriles is 2. The highest BCUT2D eigenvalue weighted by molar-refractivity contribution is 6.08. The molecule has 4 aromatic rings. The van der Waals surface area contributed by atoms with Crippen LogP contribution in [-0.2, 0) is 25.7 Å². The van der Waals surface area contributed by atoms with E-state index in [1.165, 1.54) is 16.9 Å². The third-order valence-electron chi connectivity index (χ3n) is 7.80. The largest absolute Gasteiger partial charge is 0.384 e. The first-order valence-corrected chi connectivity index (χ1v) is 14.4. The first-order valence-electron chi connectivity index (χ1n) is 14.4. The standard InChI is InChI=1S/C33H32N8O4.ClH/c1-21(36-2)32(43)37-26-20-39(31(42)14-15-45-3)30-16-22(17-34)12-13-29(30)40(33(26)44)19-25-24-9-5-7-11-28(24)41(38-25)27-10-6-4-8-23(27)18-35;/h4-13,16,21,26,36H,14-15,19-20H2,1-3H3,(H,37,43);1H. The summed E-state index contributed by atoms with van der Waals surface area (Å²) in [4.78, 5) is 43.9. The van der Waals surface area contributed by atoms with Crippen LogP contribution < -0.4 is 20.4 Å². The molecule has 3 aromatic carbocycles. The lowest BCUT2D eigenvalue weighted by molar-refractivity contribution is -0.128. The van der Waals surface area contributed by atoms with Gasteiger partial charge in [0.1, 0.15) is 12.1 Å². The van der Waals surface area contributed by atoms with Crippen LogP contribution in [0.15, 0.2) is 66.7 Å². The number of rotatable bonds is 9. The van der Waals surface area contributed by atoms with Crippen LogP contribution in [0.4, 0.5) is 11.4 Å². The molecular weight excluding hydrogens is 608 g/mol. The number of aromatic nitrogens is 2. The number of fused-ring (bicyclic) bond motifs is 2. The van der Waals surface area contributed by atoms with Crippen LogP contribution in [0.25, 0.3) is 16.6 Å². The molecule has 1 aliphatic heterocycles. The number of nitrogens with zero attached hydrogens (tertiary/aromatic N) is 6. The Hall–Kier alpha value is -5.27. The van der Waals surface area contributed by atoms with E-state index in [1.807, 2.05) is 30.3 Å². The minimum atomic E-state index is -1.11. The van der Waals surface area contributed by atoms with E-state index in [0.29, 0.717) is 33.9 Å². The third-order valence-corrected chi connectivity index (χ3v) is 7.80. The molecule has 1 aliphatic rings. The van der Waals surface area contributed by atoms with Gasteiger partial charge in [-0.1, -0.05) is 30.3 Å². The zero-order valence-corrected chi connectivity index (χ0v) is 26.4. The highest BCUT2D eigenvalue weighted by Gasteiger charge is 2.38. The quantitative estimate of drug-likeness (QED) is 0.282. The number of hydrogen-bond acceptors (Lipinski definition) is 8. The van der Waals surface area contributed by atoms with E-state index in [4.69, 9.17) is 9.84 Å². The van der Waals surface area contributed by atoms with Crippen LogP contribution in [-0.4, -0.2) is 66.9 Å². The number of halogens is 1. The summed E-state index contributed by atoms with van der Waals surface area (Å²) in [5.41, 5.74) is 3.35. The molecule has 2 heterocycles. The van der Waals surface area contributed by atoms with Crippen molar-refractivity contribution < 1.29 is 19.1 Å². The van der Waals surface area contributed by atoms with E-state index in [0.717, 1.165) is 10.9 Å². The second-order valence-electron chi connectivity index (χ2n) is 10.6. The van der Waals surface area contributed by atoms with Gasteiger partial charge in [-0.3, -0.25) is 14.4 Å². The number of carbonyl (C=O) groups excluding carboxylic acids is 3. The summed E-state index contributed by atoms with van der Waals surface area (Å²) < 4.78 is 6.82. The van der Waals surface area contributed by atoms with Crippen molar-refractivity contribution >= 4 is 52.4 Å². The highest BCUT2D eigenvalue weighted by Crippen LogP contribution is 2.36. The van der Waals surface area contributed by atoms with E-state index in [1.54, 1.807) is 55.1 Å². The summed E-state index contributed by atoms with van der Waals surface area (Å²) in [5, 5.41) is 30.8. The zero-order chi connectivity index (χ0) is 32.1. The number of anilines is 2. The van der Waals surface area contributed by atoms with Gasteiger partial charge >= 0.3 is 0 Å². The smallest absolute Gasteiger partial charge is 0.251 e. The second kappa shape index (κ2) is 14.7. The van der Waals surface area contributed by atoms with Crippen LogP contribution in [0.5, 0.6) is 0 Å². The van der Waals surface area contributed by atoms with Gasteiger partial charge in [-0.2, -0.15) is 15.6 Å².